The van der Waals surface area contributed by atoms with Gasteiger partial charge in [-0.1, -0.05) is 37.5 Å². The maximum Gasteiger partial charge on any atom is 0.123 e. The molecular weight excluding hydrogens is 258 g/mol. The summed E-state index contributed by atoms with van der Waals surface area (Å²) >= 11 is 6.58. The lowest BCUT2D eigenvalue weighted by molar-refractivity contribution is 0.191. The van der Waals surface area contributed by atoms with Gasteiger partial charge in [-0.15, -0.1) is 11.6 Å². The summed E-state index contributed by atoms with van der Waals surface area (Å²) in [4.78, 5) is 2.42. The Labute approximate surface area is 121 Å². The van der Waals surface area contributed by atoms with Crippen LogP contribution in [0.1, 0.15) is 43.0 Å². The Morgan fingerprint density at radius 3 is 2.63 bits per heavy atom. The Bertz CT molecular complexity index is 390. The molecule has 1 saturated carbocycles. The molecule has 1 aromatic rings. The third-order valence-corrected chi connectivity index (χ3v) is 4.50. The molecule has 0 spiro atoms. The van der Waals surface area contributed by atoms with Gasteiger partial charge in [0.1, 0.15) is 5.75 Å². The van der Waals surface area contributed by atoms with Crippen molar-refractivity contribution in [3.05, 3.63) is 29.8 Å². The number of likely N-dealkylation sites (N-methyl/N-ethyl adjacent to an activating group) is 1. The van der Waals surface area contributed by atoms with Gasteiger partial charge < -0.3 is 9.64 Å². The number of methoxy groups -OCH3 is 1. The van der Waals surface area contributed by atoms with E-state index in [-0.39, 0.29) is 5.38 Å². The van der Waals surface area contributed by atoms with E-state index in [2.05, 4.69) is 18.0 Å². The normalized spacial score (nSPS) is 18.5. The van der Waals surface area contributed by atoms with Crippen molar-refractivity contribution in [2.45, 2.75) is 43.5 Å². The van der Waals surface area contributed by atoms with Crippen LogP contribution in [0.4, 0.5) is 0 Å². The largest absolute Gasteiger partial charge is 0.496 e. The molecule has 0 saturated heterocycles. The smallest absolute Gasteiger partial charge is 0.123 e. The molecule has 0 N–H and O–H groups in total. The van der Waals surface area contributed by atoms with Crippen LogP contribution in [-0.4, -0.2) is 31.6 Å². The van der Waals surface area contributed by atoms with Crippen molar-refractivity contribution in [1.29, 1.82) is 0 Å². The van der Waals surface area contributed by atoms with Crippen LogP contribution in [-0.2, 0) is 0 Å². The number of alkyl halides is 1. The zero-order valence-electron chi connectivity index (χ0n) is 11.9. The summed E-state index contributed by atoms with van der Waals surface area (Å²) < 4.78 is 5.39. The molecule has 1 fully saturated rings. The quantitative estimate of drug-likeness (QED) is 0.749. The summed E-state index contributed by atoms with van der Waals surface area (Å²) in [6.07, 6.45) is 6.73. The van der Waals surface area contributed by atoms with E-state index in [9.17, 15) is 0 Å². The van der Waals surface area contributed by atoms with Gasteiger partial charge in [0, 0.05) is 18.2 Å². The molecule has 1 aliphatic carbocycles. The Kier molecular flexibility index (Phi) is 5.53. The predicted octanol–water partition coefficient (Wildman–Crippen LogP) is 4.24. The third-order valence-electron chi connectivity index (χ3n) is 4.12. The van der Waals surface area contributed by atoms with Gasteiger partial charge in [-0.3, -0.25) is 0 Å². The Balaban J connectivity index is 1.97. The number of nitrogens with zero attached hydrogens (tertiary/aromatic N) is 1. The molecule has 1 unspecified atom stereocenters. The van der Waals surface area contributed by atoms with Crippen LogP contribution in [0.25, 0.3) is 0 Å². The molecule has 0 amide bonds. The topological polar surface area (TPSA) is 12.5 Å². The van der Waals surface area contributed by atoms with Crippen molar-refractivity contribution in [2.75, 3.05) is 20.7 Å². The lowest BCUT2D eigenvalue weighted by Gasteiger charge is -2.32. The maximum absolute atomic E-state index is 6.58. The Morgan fingerprint density at radius 2 is 1.95 bits per heavy atom. The van der Waals surface area contributed by atoms with Gasteiger partial charge in [-0.05, 0) is 26.0 Å². The van der Waals surface area contributed by atoms with Gasteiger partial charge >= 0.3 is 0 Å². The van der Waals surface area contributed by atoms with Crippen molar-refractivity contribution in [3.8, 4) is 5.75 Å². The second-order valence-corrected chi connectivity index (χ2v) is 5.97. The Hall–Kier alpha value is -0.730. The number of para-hydroxylation sites is 1. The fraction of sp³-hybridized carbons (Fsp3) is 0.625. The molecule has 0 bridgehead atoms. The number of ether oxygens (including phenoxy) is 1. The summed E-state index contributed by atoms with van der Waals surface area (Å²) in [5, 5.41) is -0.0110. The van der Waals surface area contributed by atoms with Crippen molar-refractivity contribution in [3.63, 3.8) is 0 Å². The lowest BCUT2D eigenvalue weighted by atomic mass is 9.94. The van der Waals surface area contributed by atoms with Crippen molar-refractivity contribution < 1.29 is 4.74 Å². The van der Waals surface area contributed by atoms with E-state index < -0.39 is 0 Å². The van der Waals surface area contributed by atoms with Gasteiger partial charge in [0.15, 0.2) is 0 Å². The lowest BCUT2D eigenvalue weighted by Crippen LogP contribution is -2.35. The van der Waals surface area contributed by atoms with E-state index in [1.54, 1.807) is 7.11 Å². The fourth-order valence-electron chi connectivity index (χ4n) is 2.95. The first-order chi connectivity index (χ1) is 9.22. The predicted molar refractivity (Wildman–Crippen MR) is 81.1 cm³/mol. The standard InChI is InChI=1S/C16H24ClNO/c1-18(13-8-4-3-5-9-13)12-15(17)14-10-6-7-11-16(14)19-2/h6-7,10-11,13,15H,3-5,8-9,12H2,1-2H3. The minimum absolute atomic E-state index is 0.0110. The summed E-state index contributed by atoms with van der Waals surface area (Å²) in [6, 6.07) is 8.74. The highest BCUT2D eigenvalue weighted by Crippen LogP contribution is 2.31. The van der Waals surface area contributed by atoms with E-state index in [0.717, 1.165) is 17.9 Å². The highest BCUT2D eigenvalue weighted by atomic mass is 35.5. The van der Waals surface area contributed by atoms with E-state index in [1.807, 2.05) is 18.2 Å². The fourth-order valence-corrected chi connectivity index (χ4v) is 3.35. The van der Waals surface area contributed by atoms with E-state index in [4.69, 9.17) is 16.3 Å². The van der Waals surface area contributed by atoms with Crippen LogP contribution >= 0.6 is 11.6 Å². The Morgan fingerprint density at radius 1 is 1.26 bits per heavy atom. The molecule has 0 aromatic heterocycles. The van der Waals surface area contributed by atoms with Gasteiger partial charge in [0.2, 0.25) is 0 Å². The molecule has 19 heavy (non-hydrogen) atoms. The van der Waals surface area contributed by atoms with E-state index >= 15 is 0 Å². The monoisotopic (exact) mass is 281 g/mol. The zero-order valence-corrected chi connectivity index (χ0v) is 12.7. The van der Waals surface area contributed by atoms with E-state index in [0.29, 0.717) is 6.04 Å². The van der Waals surface area contributed by atoms with Crippen molar-refractivity contribution in [2.24, 2.45) is 0 Å². The molecule has 1 aliphatic rings. The average Bonchev–Trinajstić information content (AvgIpc) is 2.48. The molecule has 1 atom stereocenters. The minimum atomic E-state index is -0.0110. The molecule has 0 heterocycles. The molecule has 1 aromatic carbocycles. The van der Waals surface area contributed by atoms with Crippen LogP contribution in [0.2, 0.25) is 0 Å². The molecule has 106 valence electrons. The van der Waals surface area contributed by atoms with Crippen LogP contribution in [0, 0.1) is 0 Å². The van der Waals surface area contributed by atoms with Gasteiger partial charge in [-0.25, -0.2) is 0 Å². The SMILES string of the molecule is COc1ccccc1C(Cl)CN(C)C1CCCCC1. The summed E-state index contributed by atoms with van der Waals surface area (Å²) in [7, 11) is 3.90. The molecule has 3 heteroatoms. The maximum atomic E-state index is 6.58. The van der Waals surface area contributed by atoms with Gasteiger partial charge in [-0.2, -0.15) is 0 Å². The molecule has 0 radical (unpaired) electrons. The average molecular weight is 282 g/mol. The highest BCUT2D eigenvalue weighted by molar-refractivity contribution is 6.21. The van der Waals surface area contributed by atoms with Crippen LogP contribution in [0.3, 0.4) is 0 Å². The number of rotatable bonds is 5. The van der Waals surface area contributed by atoms with Crippen molar-refractivity contribution >= 4 is 11.6 Å². The van der Waals surface area contributed by atoms with Gasteiger partial charge in [0.25, 0.3) is 0 Å². The van der Waals surface area contributed by atoms with Gasteiger partial charge in [0.05, 0.1) is 12.5 Å². The first-order valence-corrected chi connectivity index (χ1v) is 7.63. The second-order valence-electron chi connectivity index (χ2n) is 5.44. The summed E-state index contributed by atoms with van der Waals surface area (Å²) in [5.41, 5.74) is 1.09. The number of hydrogen-bond donors (Lipinski definition) is 0. The first-order valence-electron chi connectivity index (χ1n) is 7.19. The second kappa shape index (κ2) is 7.16. The zero-order chi connectivity index (χ0) is 13.7. The van der Waals surface area contributed by atoms with E-state index in [1.165, 1.54) is 32.1 Å². The van der Waals surface area contributed by atoms with Crippen LogP contribution in [0.15, 0.2) is 24.3 Å². The molecular formula is C16H24ClNO. The molecule has 2 nitrogen and oxygen atoms in total. The van der Waals surface area contributed by atoms with Crippen LogP contribution in [0.5, 0.6) is 5.75 Å². The molecule has 0 aliphatic heterocycles. The number of hydrogen-bond acceptors (Lipinski definition) is 2. The van der Waals surface area contributed by atoms with Crippen molar-refractivity contribution in [1.82, 2.24) is 4.90 Å². The number of benzene rings is 1. The third kappa shape index (κ3) is 3.87. The van der Waals surface area contributed by atoms with Crippen LogP contribution < -0.4 is 4.74 Å². The summed E-state index contributed by atoms with van der Waals surface area (Å²) in [5.74, 6) is 0.888. The first kappa shape index (κ1) is 14.7. The minimum Gasteiger partial charge on any atom is -0.496 e. The number of halogens is 1. The summed E-state index contributed by atoms with van der Waals surface area (Å²) in [6.45, 7) is 0.882. The molecule has 2 rings (SSSR count). The highest BCUT2D eigenvalue weighted by Gasteiger charge is 2.22.